The number of fused-ring (bicyclic) bond motifs is 1. The molecule has 1 N–H and O–H groups in total. The zero-order valence-corrected chi connectivity index (χ0v) is 13.0. The second kappa shape index (κ2) is 5.45. The summed E-state index contributed by atoms with van der Waals surface area (Å²) in [7, 11) is 1.41. The molecule has 0 amide bonds. The van der Waals surface area contributed by atoms with Crippen LogP contribution in [0.3, 0.4) is 0 Å². The van der Waals surface area contributed by atoms with Gasteiger partial charge in [0.05, 0.1) is 0 Å². The zero-order chi connectivity index (χ0) is 16.7. The Hall–Kier alpha value is -2.21. The van der Waals surface area contributed by atoms with Crippen molar-refractivity contribution in [3.63, 3.8) is 0 Å². The molecule has 0 fully saturated rings. The first-order chi connectivity index (χ1) is 10.9. The van der Waals surface area contributed by atoms with Gasteiger partial charge >= 0.3 is 0 Å². The fourth-order valence-corrected chi connectivity index (χ4v) is 2.97. The average molecular weight is 338 g/mol. The van der Waals surface area contributed by atoms with Gasteiger partial charge in [-0.15, -0.1) is 0 Å². The van der Waals surface area contributed by atoms with Gasteiger partial charge < -0.3 is 10.5 Å². The zero-order valence-electron chi connectivity index (χ0n) is 12.3. The molecular formula is C16H14ClF2N3O. The van der Waals surface area contributed by atoms with Crippen molar-refractivity contribution in [1.82, 2.24) is 5.32 Å². The van der Waals surface area contributed by atoms with E-state index in [0.29, 0.717) is 4.74 Å². The molecule has 0 spiro atoms. The molecule has 3 rings (SSSR count). The van der Waals surface area contributed by atoms with E-state index in [-0.39, 0.29) is 28.7 Å². The molecule has 0 saturated heterocycles. The molecule has 0 bridgehead atoms. The number of hydrogen-bond acceptors (Lipinski definition) is 2. The summed E-state index contributed by atoms with van der Waals surface area (Å²) in [6.45, 7) is -0.294. The molecule has 23 heavy (non-hydrogen) atoms. The molecule has 1 aliphatic heterocycles. The van der Waals surface area contributed by atoms with Gasteiger partial charge in [0.25, 0.3) is 5.67 Å². The van der Waals surface area contributed by atoms with Crippen molar-refractivity contribution in [2.24, 2.45) is 4.99 Å². The Bertz CT molecular complexity index is 760. The Labute approximate surface area is 137 Å². The predicted octanol–water partition coefficient (Wildman–Crippen LogP) is 2.68. The first kappa shape index (κ1) is 15.7. The molecular weight excluding hydrogens is 324 g/mol. The standard InChI is InChI=1S/C16H14ClF2N3O/c1-20-13-10-22(23)14(11-5-3-2-4-6-11)15(18)9-12(17)7-8-16(15,19)21-13/h2-9H,10H2,1H3,(H,20,21). The topological polar surface area (TPSA) is 50.5 Å². The highest BCUT2D eigenvalue weighted by Crippen LogP contribution is 2.41. The van der Waals surface area contributed by atoms with E-state index in [2.05, 4.69) is 10.3 Å². The number of hydrogen-bond donors (Lipinski definition) is 1. The summed E-state index contributed by atoms with van der Waals surface area (Å²) < 4.78 is 31.7. The van der Waals surface area contributed by atoms with Crippen LogP contribution < -0.4 is 5.32 Å². The minimum absolute atomic E-state index is 0.0151. The third-order valence-electron chi connectivity index (χ3n) is 3.87. The van der Waals surface area contributed by atoms with Crippen molar-refractivity contribution in [2.75, 3.05) is 13.6 Å². The van der Waals surface area contributed by atoms with Gasteiger partial charge in [0.2, 0.25) is 18.0 Å². The number of alkyl halides is 2. The number of nitrogens with zero attached hydrogens (tertiary/aromatic N) is 2. The summed E-state index contributed by atoms with van der Waals surface area (Å²) in [4.78, 5) is 3.83. The van der Waals surface area contributed by atoms with Gasteiger partial charge in [-0.25, -0.2) is 8.78 Å². The summed E-state index contributed by atoms with van der Waals surface area (Å²) in [5, 5.41) is 15.0. The van der Waals surface area contributed by atoms with Gasteiger partial charge in [0.1, 0.15) is 0 Å². The summed E-state index contributed by atoms with van der Waals surface area (Å²) in [5.41, 5.74) is -2.84. The fourth-order valence-electron chi connectivity index (χ4n) is 2.75. The summed E-state index contributed by atoms with van der Waals surface area (Å²) in [6.07, 6.45) is 3.14. The Morgan fingerprint density at radius 2 is 2.00 bits per heavy atom. The summed E-state index contributed by atoms with van der Waals surface area (Å²) >= 11 is 5.89. The van der Waals surface area contributed by atoms with Gasteiger partial charge in [-0.2, -0.15) is 4.74 Å². The summed E-state index contributed by atoms with van der Waals surface area (Å²) in [6, 6.07) is 8.13. The minimum Gasteiger partial charge on any atom is -0.623 e. The van der Waals surface area contributed by atoms with E-state index in [0.717, 1.165) is 12.2 Å². The molecule has 2 atom stereocenters. The highest BCUT2D eigenvalue weighted by molar-refractivity contribution is 6.32. The molecule has 0 aromatic heterocycles. The molecule has 7 heteroatoms. The highest BCUT2D eigenvalue weighted by Gasteiger charge is 2.62. The number of rotatable bonds is 1. The number of halogens is 3. The Kier molecular flexibility index (Phi) is 3.72. The predicted molar refractivity (Wildman–Crippen MR) is 86.3 cm³/mol. The van der Waals surface area contributed by atoms with Crippen LogP contribution in [0.4, 0.5) is 8.78 Å². The molecule has 2 unspecified atom stereocenters. The third kappa shape index (κ3) is 2.43. The molecule has 0 radical (unpaired) electrons. The fraction of sp³-hybridized carbons (Fsp3) is 0.250. The molecule has 2 aliphatic rings. The van der Waals surface area contributed by atoms with Crippen molar-refractivity contribution in [2.45, 2.75) is 11.5 Å². The second-order valence-electron chi connectivity index (χ2n) is 5.33. The first-order valence-electron chi connectivity index (χ1n) is 6.96. The molecule has 1 aromatic carbocycles. The maximum Gasteiger partial charge on any atom is 0.271 e. The van der Waals surface area contributed by atoms with Crippen molar-refractivity contribution >= 4 is 23.1 Å². The van der Waals surface area contributed by atoms with Crippen LogP contribution in [0.25, 0.3) is 0 Å². The normalized spacial score (nSPS) is 32.2. The van der Waals surface area contributed by atoms with Crippen LogP contribution in [-0.4, -0.2) is 41.3 Å². The lowest BCUT2D eigenvalue weighted by atomic mass is 9.82. The van der Waals surface area contributed by atoms with Crippen LogP contribution in [0.5, 0.6) is 0 Å². The molecule has 1 aromatic rings. The van der Waals surface area contributed by atoms with Crippen molar-refractivity contribution in [3.05, 3.63) is 64.4 Å². The number of benzene rings is 1. The van der Waals surface area contributed by atoms with Crippen LogP contribution in [-0.2, 0) is 0 Å². The Balaban J connectivity index is 2.30. The maximum atomic E-state index is 15.8. The highest BCUT2D eigenvalue weighted by atomic mass is 35.5. The molecule has 4 nitrogen and oxygen atoms in total. The lowest BCUT2D eigenvalue weighted by Gasteiger charge is -2.35. The Morgan fingerprint density at radius 1 is 1.30 bits per heavy atom. The van der Waals surface area contributed by atoms with E-state index in [1.54, 1.807) is 30.3 Å². The third-order valence-corrected chi connectivity index (χ3v) is 4.10. The van der Waals surface area contributed by atoms with Crippen LogP contribution >= 0.6 is 11.6 Å². The van der Waals surface area contributed by atoms with Gasteiger partial charge in [-0.05, 0) is 30.4 Å². The monoisotopic (exact) mass is 337 g/mol. The van der Waals surface area contributed by atoms with E-state index in [1.165, 1.54) is 13.1 Å². The van der Waals surface area contributed by atoms with E-state index in [1.807, 2.05) is 0 Å². The number of aliphatic imine (C=N–C) groups is 1. The van der Waals surface area contributed by atoms with Crippen molar-refractivity contribution in [1.29, 1.82) is 0 Å². The SMILES string of the molecule is CN=C1C[N+]([O-])=C(c2ccccc2)C2(F)C=C(Cl)C=CC2(F)N1. The molecule has 1 aliphatic carbocycles. The number of allylic oxidation sites excluding steroid dienone is 2. The quantitative estimate of drug-likeness (QED) is 0.486. The van der Waals surface area contributed by atoms with Gasteiger partial charge in [-0.1, -0.05) is 29.8 Å². The smallest absolute Gasteiger partial charge is 0.271 e. The lowest BCUT2D eigenvalue weighted by Crippen LogP contribution is -2.61. The van der Waals surface area contributed by atoms with E-state index < -0.39 is 11.5 Å². The van der Waals surface area contributed by atoms with Crippen molar-refractivity contribution in [3.8, 4) is 0 Å². The van der Waals surface area contributed by atoms with Crippen LogP contribution in [0, 0.1) is 5.21 Å². The average Bonchev–Trinajstić information content (AvgIpc) is 2.60. The minimum atomic E-state index is -2.77. The maximum absolute atomic E-state index is 15.8. The van der Waals surface area contributed by atoms with Gasteiger partial charge in [-0.3, -0.25) is 4.99 Å². The van der Waals surface area contributed by atoms with Gasteiger partial charge in [0, 0.05) is 17.6 Å². The second-order valence-corrected chi connectivity index (χ2v) is 5.77. The van der Waals surface area contributed by atoms with Crippen LogP contribution in [0.2, 0.25) is 0 Å². The van der Waals surface area contributed by atoms with E-state index in [4.69, 9.17) is 11.6 Å². The molecule has 0 saturated carbocycles. The molecule has 1 heterocycles. The molecule has 120 valence electrons. The van der Waals surface area contributed by atoms with Crippen LogP contribution in [0.15, 0.2) is 58.6 Å². The van der Waals surface area contributed by atoms with Crippen LogP contribution in [0.1, 0.15) is 5.56 Å². The first-order valence-corrected chi connectivity index (χ1v) is 7.34. The number of amidine groups is 1. The van der Waals surface area contributed by atoms with Gasteiger partial charge in [0.15, 0.2) is 5.84 Å². The summed E-state index contributed by atoms with van der Waals surface area (Å²) in [5.74, 6) is -2.61. The lowest BCUT2D eigenvalue weighted by molar-refractivity contribution is -0.443. The largest absolute Gasteiger partial charge is 0.623 e. The Morgan fingerprint density at radius 3 is 2.65 bits per heavy atom. The van der Waals surface area contributed by atoms with E-state index in [9.17, 15) is 5.21 Å². The van der Waals surface area contributed by atoms with E-state index >= 15 is 8.78 Å². The number of nitrogens with one attached hydrogen (secondary N) is 1. The van der Waals surface area contributed by atoms with Crippen molar-refractivity contribution < 1.29 is 13.5 Å². The number of hydroxylamine groups is 1.